The van der Waals surface area contributed by atoms with Gasteiger partial charge in [-0.15, -0.1) is 10.2 Å². The minimum absolute atomic E-state index is 0.263. The highest BCUT2D eigenvalue weighted by atomic mass is 32.2. The Balaban J connectivity index is 0.000000225. The number of pyridine rings is 2. The van der Waals surface area contributed by atoms with Gasteiger partial charge in [0.25, 0.3) is 0 Å². The third kappa shape index (κ3) is 8.04. The van der Waals surface area contributed by atoms with E-state index in [4.69, 9.17) is 4.74 Å². The fraction of sp³-hybridized carbons (Fsp3) is 0.231. The Labute approximate surface area is 233 Å². The standard InChI is InChI=1S/C14H14N2O2.C12H12F2N6OS/c1-9-4-12(11(8-17)6-15-9)13-5-10(2)16-7-14(13)18-3;1-15-6-22-11-10(16-2)17-5-8(18-11)7-3-4-9(20-19-7)21-12(13)14/h4-8H,1-3H3;3-5,12,15H,2,6H2,1H3. The molecule has 0 saturated carbocycles. The molecule has 14 heteroatoms. The minimum Gasteiger partial charge on any atom is -0.494 e. The molecule has 0 aliphatic heterocycles. The van der Waals surface area contributed by atoms with Crippen LogP contribution in [0.4, 0.5) is 14.6 Å². The summed E-state index contributed by atoms with van der Waals surface area (Å²) in [6.45, 7) is 4.29. The van der Waals surface area contributed by atoms with Gasteiger partial charge in [-0.05, 0) is 51.4 Å². The molecular weight excluding hydrogens is 542 g/mol. The molecule has 11 nitrogen and oxygen atoms in total. The van der Waals surface area contributed by atoms with Crippen LogP contribution in [0.1, 0.15) is 21.7 Å². The van der Waals surface area contributed by atoms with Gasteiger partial charge >= 0.3 is 6.61 Å². The number of carbonyl (C=O) groups excluding carboxylic acids is 1. The van der Waals surface area contributed by atoms with Crippen molar-refractivity contribution in [2.24, 2.45) is 4.99 Å². The van der Waals surface area contributed by atoms with Crippen LogP contribution in [0.15, 0.2) is 52.9 Å². The Kier molecular flexibility index (Phi) is 11.0. The van der Waals surface area contributed by atoms with E-state index in [0.717, 1.165) is 28.8 Å². The van der Waals surface area contributed by atoms with E-state index in [9.17, 15) is 13.6 Å². The number of hydrogen-bond acceptors (Lipinski definition) is 12. The lowest BCUT2D eigenvalue weighted by Crippen LogP contribution is -2.05. The van der Waals surface area contributed by atoms with Crippen molar-refractivity contribution in [1.82, 2.24) is 35.5 Å². The Morgan fingerprint density at radius 2 is 1.77 bits per heavy atom. The number of aliphatic imine (C=N–C) groups is 1. The number of carbonyl (C=O) groups is 1. The largest absolute Gasteiger partial charge is 0.494 e. The molecule has 0 aliphatic carbocycles. The number of aryl methyl sites for hydroxylation is 2. The van der Waals surface area contributed by atoms with Gasteiger partial charge in [0.1, 0.15) is 22.2 Å². The molecule has 0 aliphatic rings. The molecule has 0 unspecified atom stereocenters. The van der Waals surface area contributed by atoms with Crippen LogP contribution < -0.4 is 14.8 Å². The van der Waals surface area contributed by atoms with Crippen LogP contribution >= 0.6 is 11.8 Å². The van der Waals surface area contributed by atoms with Crippen LogP contribution in [0.5, 0.6) is 11.6 Å². The molecule has 0 aromatic carbocycles. The SMILES string of the molecule is C=Nc1ncc(-c2ccc(OC(F)F)nn2)nc1SCNC.COc1cnc(C)cc1-c1cc(C)ncc1C=O. The van der Waals surface area contributed by atoms with Crippen molar-refractivity contribution in [3.63, 3.8) is 0 Å². The quantitative estimate of drug-likeness (QED) is 0.123. The second-order valence-electron chi connectivity index (χ2n) is 7.88. The van der Waals surface area contributed by atoms with E-state index < -0.39 is 6.61 Å². The van der Waals surface area contributed by atoms with E-state index in [1.165, 1.54) is 30.1 Å². The molecule has 0 bridgehead atoms. The van der Waals surface area contributed by atoms with E-state index in [-0.39, 0.29) is 5.88 Å². The van der Waals surface area contributed by atoms with Gasteiger partial charge in [-0.1, -0.05) is 11.8 Å². The van der Waals surface area contributed by atoms with E-state index >= 15 is 0 Å². The number of thioether (sulfide) groups is 1. The van der Waals surface area contributed by atoms with Gasteiger partial charge in [-0.3, -0.25) is 14.8 Å². The van der Waals surface area contributed by atoms with E-state index in [1.54, 1.807) is 26.6 Å². The Morgan fingerprint density at radius 3 is 2.38 bits per heavy atom. The maximum atomic E-state index is 12.1. The molecule has 0 atom stereocenters. The van der Waals surface area contributed by atoms with Crippen LogP contribution in [-0.2, 0) is 0 Å². The summed E-state index contributed by atoms with van der Waals surface area (Å²) in [5, 5.41) is 10.9. The van der Waals surface area contributed by atoms with Gasteiger partial charge in [-0.25, -0.2) is 15.0 Å². The zero-order valence-electron chi connectivity index (χ0n) is 22.1. The second-order valence-corrected chi connectivity index (χ2v) is 8.84. The minimum atomic E-state index is -2.94. The van der Waals surface area contributed by atoms with Crippen LogP contribution in [0, 0.1) is 13.8 Å². The highest BCUT2D eigenvalue weighted by Crippen LogP contribution is 2.32. The first-order valence-electron chi connectivity index (χ1n) is 11.6. The number of nitrogens with zero attached hydrogens (tertiary/aromatic N) is 7. The molecule has 4 aromatic heterocycles. The molecule has 0 amide bonds. The van der Waals surface area contributed by atoms with Gasteiger partial charge < -0.3 is 14.8 Å². The molecule has 40 heavy (non-hydrogen) atoms. The summed E-state index contributed by atoms with van der Waals surface area (Å²) in [7, 11) is 3.39. The van der Waals surface area contributed by atoms with Crippen molar-refractivity contribution in [3.05, 3.63) is 59.8 Å². The zero-order valence-corrected chi connectivity index (χ0v) is 22.9. The van der Waals surface area contributed by atoms with Gasteiger partial charge in [0.2, 0.25) is 5.88 Å². The first-order valence-corrected chi connectivity index (χ1v) is 12.6. The number of aromatic nitrogens is 6. The lowest BCUT2D eigenvalue weighted by atomic mass is 10.0. The summed E-state index contributed by atoms with van der Waals surface area (Å²) >= 11 is 1.40. The molecular formula is C26H26F2N8O3S. The predicted octanol–water partition coefficient (Wildman–Crippen LogP) is 4.72. The van der Waals surface area contributed by atoms with E-state index in [0.29, 0.717) is 39.4 Å². The van der Waals surface area contributed by atoms with Crippen molar-refractivity contribution < 1.29 is 23.0 Å². The maximum Gasteiger partial charge on any atom is 0.388 e. The van der Waals surface area contributed by atoms with Gasteiger partial charge in [-0.2, -0.15) is 8.78 Å². The third-order valence-corrected chi connectivity index (χ3v) is 6.03. The molecule has 4 rings (SSSR count). The molecule has 4 aromatic rings. The number of hydrogen-bond donors (Lipinski definition) is 1. The average Bonchev–Trinajstić information content (AvgIpc) is 2.96. The van der Waals surface area contributed by atoms with E-state index in [1.807, 2.05) is 26.0 Å². The fourth-order valence-corrected chi connectivity index (χ4v) is 3.95. The molecule has 0 saturated heterocycles. The molecule has 208 valence electrons. The molecule has 0 fully saturated rings. The Morgan fingerprint density at radius 1 is 1.05 bits per heavy atom. The van der Waals surface area contributed by atoms with Gasteiger partial charge in [0.05, 0.1) is 19.5 Å². The first-order chi connectivity index (χ1) is 19.3. The first kappa shape index (κ1) is 30.1. The summed E-state index contributed by atoms with van der Waals surface area (Å²) in [5.41, 5.74) is 4.78. The summed E-state index contributed by atoms with van der Waals surface area (Å²) in [5.74, 6) is 1.41. The topological polar surface area (TPSA) is 137 Å². The van der Waals surface area contributed by atoms with Crippen molar-refractivity contribution >= 4 is 30.6 Å². The maximum absolute atomic E-state index is 12.1. The molecule has 0 spiro atoms. The summed E-state index contributed by atoms with van der Waals surface area (Å²) in [4.78, 5) is 31.7. The second kappa shape index (κ2) is 14.6. The summed E-state index contributed by atoms with van der Waals surface area (Å²) in [6, 6.07) is 6.54. The molecule has 0 radical (unpaired) electrons. The number of halogens is 2. The average molecular weight is 569 g/mol. The monoisotopic (exact) mass is 568 g/mol. The van der Waals surface area contributed by atoms with Gasteiger partial charge in [0, 0.05) is 40.7 Å². The summed E-state index contributed by atoms with van der Waals surface area (Å²) in [6.07, 6.45) is 5.50. The fourth-order valence-electron chi connectivity index (χ4n) is 3.26. The van der Waals surface area contributed by atoms with Crippen molar-refractivity contribution in [3.8, 4) is 34.1 Å². The van der Waals surface area contributed by atoms with Crippen LogP contribution in [-0.4, -0.2) is 69.8 Å². The Hall–Kier alpha value is -4.43. The number of alkyl halides is 2. The van der Waals surface area contributed by atoms with Crippen LogP contribution in [0.25, 0.3) is 22.5 Å². The third-order valence-electron chi connectivity index (χ3n) is 5.05. The highest BCUT2D eigenvalue weighted by Gasteiger charge is 2.13. The predicted molar refractivity (Wildman–Crippen MR) is 148 cm³/mol. The van der Waals surface area contributed by atoms with Crippen LogP contribution in [0.3, 0.4) is 0 Å². The Bertz CT molecular complexity index is 1460. The van der Waals surface area contributed by atoms with E-state index in [2.05, 4.69) is 51.9 Å². The molecule has 1 N–H and O–H groups in total. The lowest BCUT2D eigenvalue weighted by Gasteiger charge is -2.11. The summed E-state index contributed by atoms with van der Waals surface area (Å²) < 4.78 is 33.6. The lowest BCUT2D eigenvalue weighted by molar-refractivity contribution is -0.0534. The van der Waals surface area contributed by atoms with Crippen molar-refractivity contribution in [2.45, 2.75) is 25.5 Å². The number of nitrogens with one attached hydrogen (secondary N) is 1. The number of rotatable bonds is 10. The van der Waals surface area contributed by atoms with Crippen LogP contribution in [0.2, 0.25) is 0 Å². The smallest absolute Gasteiger partial charge is 0.388 e. The van der Waals surface area contributed by atoms with Gasteiger partial charge in [0.15, 0.2) is 12.1 Å². The van der Waals surface area contributed by atoms with Crippen molar-refractivity contribution in [1.29, 1.82) is 0 Å². The van der Waals surface area contributed by atoms with Crippen molar-refractivity contribution in [2.75, 3.05) is 20.0 Å². The number of ether oxygens (including phenoxy) is 2. The highest BCUT2D eigenvalue weighted by molar-refractivity contribution is 7.99. The normalized spacial score (nSPS) is 10.5. The number of methoxy groups -OCH3 is 1. The molecule has 4 heterocycles. The zero-order chi connectivity index (χ0) is 29.1. The number of aldehydes is 1.